The third-order valence-corrected chi connectivity index (χ3v) is 11.3. The number of esters is 2. The second-order valence-corrected chi connectivity index (χ2v) is 14.5. The fourth-order valence-corrected chi connectivity index (χ4v) is 7.45. The number of benzene rings is 4. The Morgan fingerprint density at radius 3 is 1.16 bits per heavy atom. The Hall–Kier alpha value is -4.60. The van der Waals surface area contributed by atoms with Crippen LogP contribution in [0.2, 0.25) is 0 Å². The molecule has 4 aromatic rings. The van der Waals surface area contributed by atoms with E-state index in [1.54, 1.807) is 84.9 Å². The van der Waals surface area contributed by atoms with Gasteiger partial charge >= 0.3 is 46.1 Å². The standard InChI is InChI=1S/C19H14F6O6S.C18H12F6O5S/c20-18(21,22)17(19(23,24)25,32-31-30-27)16(26)29-10-9-28-15-13-7-3-1-5-11(13)12-6-2-4-8-14(12)15;19-17(20,21)16(18(22,23)24,30-29-28-26)15(25)27-9-14-12-7-3-1-5-10(12)11-6-2-4-8-13(11)14/h1-8,15,27H,9-10H2;1-8,14,26H,9H2/p-2. The van der Waals surface area contributed by atoms with E-state index in [1.807, 2.05) is 12.1 Å². The first-order valence-electron chi connectivity index (χ1n) is 17.0. The van der Waals surface area contributed by atoms with Gasteiger partial charge in [0, 0.05) is 5.92 Å². The summed E-state index contributed by atoms with van der Waals surface area (Å²) >= 11 is -3.06. The van der Waals surface area contributed by atoms with E-state index >= 15 is 0 Å². The average Bonchev–Trinajstić information content (AvgIpc) is 3.69. The fraction of sp³-hybridized carbons (Fsp3) is 0.297. The van der Waals surface area contributed by atoms with Crippen molar-refractivity contribution in [3.05, 3.63) is 119 Å². The smallest absolute Gasteiger partial charge is 0.425 e. The molecule has 4 aromatic carbocycles. The van der Waals surface area contributed by atoms with Crippen LogP contribution in [0.5, 0.6) is 0 Å². The highest BCUT2D eigenvalue weighted by Crippen LogP contribution is 2.55. The van der Waals surface area contributed by atoms with Crippen LogP contribution in [0.4, 0.5) is 52.7 Å². The third-order valence-electron chi connectivity index (χ3n) is 9.27. The van der Waals surface area contributed by atoms with E-state index < -0.39 is 102 Å². The van der Waals surface area contributed by atoms with Gasteiger partial charge in [0.2, 0.25) is 0 Å². The summed E-state index contributed by atoms with van der Waals surface area (Å²) in [5.74, 6) is -6.18. The van der Waals surface area contributed by atoms with Gasteiger partial charge in [0.1, 0.15) is 19.3 Å². The number of carbonyl (C=O) groups is 2. The Morgan fingerprint density at radius 2 is 0.806 bits per heavy atom. The quantitative estimate of drug-likeness (QED) is 0.0300. The zero-order chi connectivity index (χ0) is 45.7. The van der Waals surface area contributed by atoms with E-state index in [1.165, 1.54) is 0 Å². The number of ether oxygens (including phenoxy) is 3. The Kier molecular flexibility index (Phi) is 14.9. The number of alkyl halides is 12. The van der Waals surface area contributed by atoms with Crippen molar-refractivity contribution >= 4 is 36.0 Å². The molecule has 0 N–H and O–H groups in total. The summed E-state index contributed by atoms with van der Waals surface area (Å²) in [5.41, 5.74) is 5.85. The molecule has 6 rings (SSSR count). The van der Waals surface area contributed by atoms with Gasteiger partial charge in [0.25, 0.3) is 0 Å². The molecule has 0 saturated heterocycles. The lowest BCUT2D eigenvalue weighted by molar-refractivity contribution is -0.777. The molecule has 2 aliphatic carbocycles. The lowest BCUT2D eigenvalue weighted by Crippen LogP contribution is -2.60. The number of hydrogen-bond acceptors (Lipinski definition) is 13. The molecule has 25 heteroatoms. The van der Waals surface area contributed by atoms with Gasteiger partial charge in [-0.25, -0.2) is 9.59 Å². The maximum Gasteiger partial charge on any atom is 0.425 e. The van der Waals surface area contributed by atoms with Gasteiger partial charge in [-0.05, 0) is 44.5 Å². The molecular weight excluding hydrogens is 913 g/mol. The van der Waals surface area contributed by atoms with Crippen LogP contribution >= 0.6 is 24.1 Å². The molecule has 0 bridgehead atoms. The van der Waals surface area contributed by atoms with Crippen LogP contribution in [0, 0.1) is 0 Å². The van der Waals surface area contributed by atoms with Crippen LogP contribution in [-0.4, -0.2) is 66.0 Å². The van der Waals surface area contributed by atoms with Crippen LogP contribution in [0.1, 0.15) is 34.3 Å². The minimum Gasteiger partial charge on any atom is -0.691 e. The molecule has 0 radical (unpaired) electrons. The largest absolute Gasteiger partial charge is 0.691 e. The summed E-state index contributed by atoms with van der Waals surface area (Å²) in [7, 11) is 0. The Bertz CT molecular complexity index is 2080. The van der Waals surface area contributed by atoms with Gasteiger partial charge in [-0.2, -0.15) is 61.4 Å². The van der Waals surface area contributed by atoms with Gasteiger partial charge < -0.3 is 24.7 Å². The first-order valence-corrected chi connectivity index (χ1v) is 18.4. The first-order chi connectivity index (χ1) is 29.1. The molecule has 0 unspecified atom stereocenters. The number of hydrogen-bond donors (Lipinski definition) is 0. The summed E-state index contributed by atoms with van der Waals surface area (Å²) in [5, 5.41) is 24.9. The Balaban J connectivity index is 0.000000235. The van der Waals surface area contributed by atoms with Crippen molar-refractivity contribution in [2.45, 2.75) is 46.2 Å². The first kappa shape index (κ1) is 48.4. The monoisotopic (exact) mass is 936 g/mol. The second-order valence-electron chi connectivity index (χ2n) is 12.7. The summed E-state index contributed by atoms with van der Waals surface area (Å²) < 4.78 is 170. The molecule has 0 amide bonds. The van der Waals surface area contributed by atoms with Gasteiger partial charge in [0.05, 0.1) is 30.7 Å². The highest BCUT2D eigenvalue weighted by atomic mass is 32.2. The van der Waals surface area contributed by atoms with Crippen molar-refractivity contribution < 1.29 is 106 Å². The van der Waals surface area contributed by atoms with Crippen LogP contribution in [0.3, 0.4) is 0 Å². The van der Waals surface area contributed by atoms with E-state index in [-0.39, 0.29) is 0 Å². The van der Waals surface area contributed by atoms with E-state index in [0.29, 0.717) is 11.1 Å². The molecular formula is C37H24F12O11S2-2. The minimum absolute atomic E-state index is 0.506. The molecule has 0 atom stereocenters. The van der Waals surface area contributed by atoms with Crippen molar-refractivity contribution in [2.24, 2.45) is 0 Å². The summed E-state index contributed by atoms with van der Waals surface area (Å²) in [6.45, 7) is -2.22. The van der Waals surface area contributed by atoms with Crippen LogP contribution < -0.4 is 10.5 Å². The highest BCUT2D eigenvalue weighted by Gasteiger charge is 2.80. The molecule has 62 heavy (non-hydrogen) atoms. The minimum atomic E-state index is -6.21. The van der Waals surface area contributed by atoms with E-state index in [0.717, 1.165) is 33.4 Å². The number of carbonyl (C=O) groups excluding carboxylic acids is 2. The maximum absolute atomic E-state index is 13.3. The van der Waals surface area contributed by atoms with Crippen molar-refractivity contribution in [1.82, 2.24) is 0 Å². The average molecular weight is 937 g/mol. The Labute approximate surface area is 348 Å². The topological polar surface area (TPSA) is 145 Å². The zero-order valence-electron chi connectivity index (χ0n) is 30.4. The lowest BCUT2D eigenvalue weighted by atomic mass is 9.98. The fourth-order valence-electron chi connectivity index (χ4n) is 6.56. The summed E-state index contributed by atoms with van der Waals surface area (Å²) in [6.07, 6.45) is -25.5. The van der Waals surface area contributed by atoms with Crippen molar-refractivity contribution in [3.63, 3.8) is 0 Å². The molecule has 0 aromatic heterocycles. The molecule has 336 valence electrons. The van der Waals surface area contributed by atoms with Crippen LogP contribution in [-0.2, 0) is 42.5 Å². The molecule has 0 heterocycles. The second kappa shape index (κ2) is 19.0. The normalized spacial score (nSPS) is 14.3. The van der Waals surface area contributed by atoms with Crippen LogP contribution in [0.15, 0.2) is 97.1 Å². The van der Waals surface area contributed by atoms with Crippen molar-refractivity contribution in [1.29, 1.82) is 0 Å². The van der Waals surface area contributed by atoms with Gasteiger partial charge in [-0.1, -0.05) is 97.1 Å². The van der Waals surface area contributed by atoms with E-state index in [2.05, 4.69) is 28.2 Å². The van der Waals surface area contributed by atoms with Gasteiger partial charge in [-0.15, -0.1) is 0 Å². The molecule has 0 fully saturated rings. The number of halogens is 12. The highest BCUT2D eigenvalue weighted by molar-refractivity contribution is 7.97. The third kappa shape index (κ3) is 9.21. The van der Waals surface area contributed by atoms with Gasteiger partial charge in [-0.3, -0.25) is 10.1 Å². The SMILES string of the molecule is O=C(OCC1c2ccccc2-c2ccccc21)C(SOO[O-])(C(F)(F)F)C(F)(F)F.O=C(OCCOC1c2ccccc2-c2ccccc21)C(SOO[O-])(C(F)(F)F)C(F)(F)F. The molecule has 0 aliphatic heterocycles. The molecule has 2 aliphatic rings. The lowest BCUT2D eigenvalue weighted by Gasteiger charge is -2.33. The van der Waals surface area contributed by atoms with E-state index in [4.69, 9.17) is 4.74 Å². The predicted octanol–water partition coefficient (Wildman–Crippen LogP) is 8.13. The Morgan fingerprint density at radius 1 is 0.484 bits per heavy atom. The molecule has 0 spiro atoms. The molecule has 0 saturated carbocycles. The summed E-state index contributed by atoms with van der Waals surface area (Å²) in [6, 6.07) is 27.8. The number of fused-ring (bicyclic) bond motifs is 6. The maximum atomic E-state index is 13.3. The van der Waals surface area contributed by atoms with E-state index in [9.17, 15) is 72.8 Å². The van der Waals surface area contributed by atoms with Crippen molar-refractivity contribution in [3.8, 4) is 22.3 Å². The van der Waals surface area contributed by atoms with Gasteiger partial charge in [0.15, 0.2) is 0 Å². The zero-order valence-corrected chi connectivity index (χ0v) is 32.0. The van der Waals surface area contributed by atoms with Crippen LogP contribution in [0.25, 0.3) is 22.3 Å². The number of rotatable bonds is 14. The van der Waals surface area contributed by atoms with Crippen molar-refractivity contribution in [2.75, 3.05) is 19.8 Å². The predicted molar refractivity (Wildman–Crippen MR) is 185 cm³/mol. The molecule has 11 nitrogen and oxygen atoms in total. The summed E-state index contributed by atoms with van der Waals surface area (Å²) in [4.78, 5) is 24.0.